The number of rotatable bonds is 0. The summed E-state index contributed by atoms with van der Waals surface area (Å²) in [6.45, 7) is 12.7. The van der Waals surface area contributed by atoms with E-state index in [4.69, 9.17) is 4.99 Å². The number of amidine groups is 1. The summed E-state index contributed by atoms with van der Waals surface area (Å²) in [4.78, 5) is 20.2. The van der Waals surface area contributed by atoms with E-state index >= 15 is 0 Å². The van der Waals surface area contributed by atoms with Crippen LogP contribution in [0.3, 0.4) is 0 Å². The molecular formula is C20H30N2O2S2. The van der Waals surface area contributed by atoms with Gasteiger partial charge in [0.2, 0.25) is 0 Å². The maximum absolute atomic E-state index is 12.0. The van der Waals surface area contributed by atoms with Crippen LogP contribution in [0.1, 0.15) is 64.8 Å². The maximum Gasteiger partial charge on any atom is 0.413 e. The molecule has 2 atom stereocenters. The molecule has 0 fully saturated rings. The van der Waals surface area contributed by atoms with E-state index in [1.54, 1.807) is 11.8 Å². The average molecular weight is 395 g/mol. The number of carboxylic acid groups (broad SMARTS) is 1. The molecule has 1 amide bonds. The fourth-order valence-corrected chi connectivity index (χ4v) is 7.17. The second-order valence-corrected chi connectivity index (χ2v) is 11.4. The number of thioether (sulfide) groups is 1. The molecule has 144 valence electrons. The summed E-state index contributed by atoms with van der Waals surface area (Å²) in [7, 11) is 0. The van der Waals surface area contributed by atoms with Crippen molar-refractivity contribution >= 4 is 34.4 Å². The predicted molar refractivity (Wildman–Crippen MR) is 111 cm³/mol. The van der Waals surface area contributed by atoms with Gasteiger partial charge in [0.25, 0.3) is 0 Å². The van der Waals surface area contributed by atoms with E-state index in [0.717, 1.165) is 25.0 Å². The number of amides is 1. The Morgan fingerprint density at radius 2 is 2.00 bits per heavy atom. The second kappa shape index (κ2) is 6.55. The van der Waals surface area contributed by atoms with Gasteiger partial charge in [-0.25, -0.2) is 4.79 Å². The minimum absolute atomic E-state index is 0.106. The van der Waals surface area contributed by atoms with Gasteiger partial charge in [0.05, 0.1) is 5.54 Å². The second-order valence-electron chi connectivity index (χ2n) is 9.45. The van der Waals surface area contributed by atoms with Crippen molar-refractivity contribution < 1.29 is 9.90 Å². The van der Waals surface area contributed by atoms with Crippen LogP contribution < -0.4 is 0 Å². The number of aliphatic imine (C=N–C) groups is 1. The third kappa shape index (κ3) is 3.31. The zero-order valence-corrected chi connectivity index (χ0v) is 18.3. The van der Waals surface area contributed by atoms with Crippen LogP contribution in [-0.4, -0.2) is 32.6 Å². The highest BCUT2D eigenvalue weighted by Gasteiger charge is 2.52. The summed E-state index contributed by atoms with van der Waals surface area (Å²) in [5, 5.41) is 12.7. The van der Waals surface area contributed by atoms with E-state index in [1.807, 2.05) is 32.1 Å². The first-order chi connectivity index (χ1) is 12.0. The minimum atomic E-state index is -0.922. The molecule has 2 unspecified atom stereocenters. The topological polar surface area (TPSA) is 52.9 Å². The van der Waals surface area contributed by atoms with Gasteiger partial charge in [0.1, 0.15) is 0 Å². The number of hydrogen-bond acceptors (Lipinski definition) is 4. The number of nitrogens with zero attached hydrogens (tertiary/aromatic N) is 2. The highest BCUT2D eigenvalue weighted by Crippen LogP contribution is 2.55. The van der Waals surface area contributed by atoms with Gasteiger partial charge >= 0.3 is 6.09 Å². The number of hydrogen-bond donors (Lipinski definition) is 1. The lowest BCUT2D eigenvalue weighted by Gasteiger charge is -2.50. The summed E-state index contributed by atoms with van der Waals surface area (Å²) in [5.74, 6) is 1.28. The smallest absolute Gasteiger partial charge is 0.413 e. The van der Waals surface area contributed by atoms with Gasteiger partial charge in [-0.2, -0.15) is 0 Å². The van der Waals surface area contributed by atoms with Crippen molar-refractivity contribution in [2.24, 2.45) is 16.3 Å². The zero-order chi connectivity index (χ0) is 19.3. The van der Waals surface area contributed by atoms with Gasteiger partial charge in [-0.15, -0.1) is 11.3 Å². The van der Waals surface area contributed by atoms with Crippen molar-refractivity contribution in [1.29, 1.82) is 0 Å². The van der Waals surface area contributed by atoms with Crippen LogP contribution in [-0.2, 0) is 12.0 Å². The lowest BCUT2D eigenvalue weighted by molar-refractivity contribution is 0.123. The Kier molecular flexibility index (Phi) is 4.98. The SMILES string of the molecule is CC(C)(C)C1CSC(N(C(=O)O)C(C)(C)C)=NC12CCCc1sccc12. The van der Waals surface area contributed by atoms with E-state index in [-0.39, 0.29) is 11.0 Å². The van der Waals surface area contributed by atoms with Crippen LogP contribution in [0.15, 0.2) is 16.4 Å². The Hall–Kier alpha value is -1.01. The van der Waals surface area contributed by atoms with Crippen LogP contribution in [0.4, 0.5) is 4.79 Å². The molecule has 0 saturated carbocycles. The van der Waals surface area contributed by atoms with Gasteiger partial charge in [0, 0.05) is 22.1 Å². The molecule has 0 saturated heterocycles. The quantitative estimate of drug-likeness (QED) is 0.603. The van der Waals surface area contributed by atoms with Crippen LogP contribution in [0.25, 0.3) is 0 Å². The van der Waals surface area contributed by atoms with Gasteiger partial charge in [0.15, 0.2) is 5.17 Å². The van der Waals surface area contributed by atoms with E-state index in [1.165, 1.54) is 15.3 Å². The first kappa shape index (κ1) is 19.7. The Labute approximate surface area is 165 Å². The van der Waals surface area contributed by atoms with Crippen molar-refractivity contribution in [3.63, 3.8) is 0 Å². The zero-order valence-electron chi connectivity index (χ0n) is 16.6. The Morgan fingerprint density at radius 1 is 1.31 bits per heavy atom. The van der Waals surface area contributed by atoms with Crippen LogP contribution in [0, 0.1) is 11.3 Å². The molecule has 26 heavy (non-hydrogen) atoms. The fraction of sp³-hybridized carbons (Fsp3) is 0.700. The number of aryl methyl sites for hydroxylation is 1. The summed E-state index contributed by atoms with van der Waals surface area (Å²) in [6.07, 6.45) is 2.31. The van der Waals surface area contributed by atoms with Crippen LogP contribution in [0.5, 0.6) is 0 Å². The van der Waals surface area contributed by atoms with Crippen molar-refractivity contribution in [3.8, 4) is 0 Å². The fourth-order valence-electron chi connectivity index (χ4n) is 4.36. The summed E-state index contributed by atoms with van der Waals surface area (Å²) in [5.41, 5.74) is 0.630. The first-order valence-corrected chi connectivity index (χ1v) is 11.2. The molecule has 0 aromatic carbocycles. The average Bonchev–Trinajstić information content (AvgIpc) is 2.94. The Bertz CT molecular complexity index is 727. The third-order valence-corrected chi connectivity index (χ3v) is 7.54. The summed E-state index contributed by atoms with van der Waals surface area (Å²) in [6, 6.07) is 2.23. The number of carbonyl (C=O) groups is 1. The van der Waals surface area contributed by atoms with Gasteiger partial charge in [-0.1, -0.05) is 32.5 Å². The van der Waals surface area contributed by atoms with Crippen molar-refractivity contribution in [1.82, 2.24) is 4.90 Å². The Morgan fingerprint density at radius 3 is 2.58 bits per heavy atom. The summed E-state index contributed by atoms with van der Waals surface area (Å²) < 4.78 is 0. The van der Waals surface area contributed by atoms with Crippen molar-refractivity contribution in [2.75, 3.05) is 5.75 Å². The van der Waals surface area contributed by atoms with Crippen LogP contribution in [0.2, 0.25) is 0 Å². The molecule has 1 aromatic rings. The van der Waals surface area contributed by atoms with E-state index < -0.39 is 11.6 Å². The molecule has 0 radical (unpaired) electrons. The first-order valence-electron chi connectivity index (χ1n) is 9.29. The monoisotopic (exact) mass is 394 g/mol. The number of fused-ring (bicyclic) bond motifs is 2. The largest absolute Gasteiger partial charge is 0.465 e. The van der Waals surface area contributed by atoms with Gasteiger partial charge in [-0.05, 0) is 62.5 Å². The molecule has 2 aliphatic rings. The molecule has 1 aliphatic heterocycles. The molecule has 2 heterocycles. The molecule has 1 spiro atoms. The van der Waals surface area contributed by atoms with Gasteiger partial charge in [-0.3, -0.25) is 9.89 Å². The molecule has 1 aliphatic carbocycles. The molecule has 6 heteroatoms. The molecular weight excluding hydrogens is 364 g/mol. The predicted octanol–water partition coefficient (Wildman–Crippen LogP) is 5.82. The highest BCUT2D eigenvalue weighted by atomic mass is 32.2. The molecule has 0 bridgehead atoms. The van der Waals surface area contributed by atoms with Crippen molar-refractivity contribution in [2.45, 2.75) is 71.9 Å². The molecule has 1 N–H and O–H groups in total. The van der Waals surface area contributed by atoms with E-state index in [2.05, 4.69) is 32.2 Å². The molecule has 3 rings (SSSR count). The van der Waals surface area contributed by atoms with Gasteiger partial charge < -0.3 is 5.11 Å². The van der Waals surface area contributed by atoms with E-state index in [9.17, 15) is 9.90 Å². The van der Waals surface area contributed by atoms with Crippen LogP contribution >= 0.6 is 23.1 Å². The van der Waals surface area contributed by atoms with Crippen molar-refractivity contribution in [3.05, 3.63) is 21.9 Å². The maximum atomic E-state index is 12.0. The van der Waals surface area contributed by atoms with E-state index in [0.29, 0.717) is 11.1 Å². The number of thiophene rings is 1. The standard InChI is InChI=1S/C20H30N2O2S2/c1-18(2,3)15-12-26-16(22(17(23)24)19(4,5)6)21-20(15)10-7-8-14-13(20)9-11-25-14/h9,11,15H,7-8,10,12H2,1-6H3,(H,23,24). The minimum Gasteiger partial charge on any atom is -0.465 e. The lowest BCUT2D eigenvalue weighted by Crippen LogP contribution is -2.53. The molecule has 1 aromatic heterocycles. The molecule has 4 nitrogen and oxygen atoms in total. The normalized spacial score (nSPS) is 26.4. The lowest BCUT2D eigenvalue weighted by atomic mass is 9.63. The summed E-state index contributed by atoms with van der Waals surface area (Å²) >= 11 is 3.43. The third-order valence-electron chi connectivity index (χ3n) is 5.52. The highest BCUT2D eigenvalue weighted by molar-refractivity contribution is 8.13. The Balaban J connectivity index is 2.18.